The van der Waals surface area contributed by atoms with E-state index >= 15 is 0 Å². The van der Waals surface area contributed by atoms with E-state index in [0.29, 0.717) is 12.0 Å². The maximum atomic E-state index is 6.21. The predicted molar refractivity (Wildman–Crippen MR) is 83.5 cm³/mol. The van der Waals surface area contributed by atoms with Gasteiger partial charge in [-0.2, -0.15) is 0 Å². The fraction of sp³-hybridized carbons (Fsp3) is 0.471. The standard InChI is InChI=1S/C17H23N3/c1-12-7-8-20(11-16(12)18)10-14-9-13(2)19-17-6-4-3-5-15(14)17/h3-6,9,12,16H,7-8,10-11,18H2,1-2H3. The van der Waals surface area contributed by atoms with E-state index in [0.717, 1.165) is 30.8 Å². The highest BCUT2D eigenvalue weighted by Crippen LogP contribution is 2.22. The average molecular weight is 269 g/mol. The number of pyridine rings is 1. The molecule has 2 N–H and O–H groups in total. The van der Waals surface area contributed by atoms with Crippen LogP contribution in [0.15, 0.2) is 30.3 Å². The number of nitrogens with two attached hydrogens (primary N) is 1. The first-order valence-corrected chi connectivity index (χ1v) is 7.46. The second-order valence-corrected chi connectivity index (χ2v) is 6.10. The van der Waals surface area contributed by atoms with Crippen LogP contribution in [0, 0.1) is 12.8 Å². The smallest absolute Gasteiger partial charge is 0.0708 e. The lowest BCUT2D eigenvalue weighted by Crippen LogP contribution is -2.47. The Labute approximate surface area is 120 Å². The number of aromatic nitrogens is 1. The first-order chi connectivity index (χ1) is 9.63. The number of nitrogens with zero attached hydrogens (tertiary/aromatic N) is 2. The molecule has 1 aromatic heterocycles. The molecule has 1 fully saturated rings. The molecule has 0 amide bonds. The van der Waals surface area contributed by atoms with Gasteiger partial charge in [0, 0.05) is 30.2 Å². The van der Waals surface area contributed by atoms with Crippen molar-refractivity contribution in [1.29, 1.82) is 0 Å². The summed E-state index contributed by atoms with van der Waals surface area (Å²) in [4.78, 5) is 7.09. The number of hydrogen-bond acceptors (Lipinski definition) is 3. The Morgan fingerprint density at radius 1 is 1.35 bits per heavy atom. The minimum atomic E-state index is 0.304. The lowest BCUT2D eigenvalue weighted by molar-refractivity contribution is 0.162. The predicted octanol–water partition coefficient (Wildman–Crippen LogP) is 2.71. The molecule has 20 heavy (non-hydrogen) atoms. The Morgan fingerprint density at radius 3 is 2.95 bits per heavy atom. The summed E-state index contributed by atoms with van der Waals surface area (Å²) in [7, 11) is 0. The topological polar surface area (TPSA) is 42.1 Å². The van der Waals surface area contributed by atoms with Gasteiger partial charge in [-0.3, -0.25) is 9.88 Å². The van der Waals surface area contributed by atoms with E-state index in [1.807, 2.05) is 0 Å². The largest absolute Gasteiger partial charge is 0.326 e. The van der Waals surface area contributed by atoms with E-state index in [2.05, 4.69) is 54.1 Å². The van der Waals surface area contributed by atoms with Crippen LogP contribution in [0.5, 0.6) is 0 Å². The van der Waals surface area contributed by atoms with Crippen LogP contribution in [0.25, 0.3) is 10.9 Å². The van der Waals surface area contributed by atoms with Crippen LogP contribution in [0.4, 0.5) is 0 Å². The molecule has 2 atom stereocenters. The van der Waals surface area contributed by atoms with Gasteiger partial charge in [0.05, 0.1) is 5.52 Å². The molecular formula is C17H23N3. The third-order valence-corrected chi connectivity index (χ3v) is 4.42. The lowest BCUT2D eigenvalue weighted by Gasteiger charge is -2.35. The molecule has 3 nitrogen and oxygen atoms in total. The Morgan fingerprint density at radius 2 is 2.15 bits per heavy atom. The van der Waals surface area contributed by atoms with Gasteiger partial charge in [0.1, 0.15) is 0 Å². The third-order valence-electron chi connectivity index (χ3n) is 4.42. The van der Waals surface area contributed by atoms with Crippen molar-refractivity contribution in [2.45, 2.75) is 32.9 Å². The molecule has 2 heterocycles. The Hall–Kier alpha value is -1.45. The van der Waals surface area contributed by atoms with Crippen molar-refractivity contribution in [1.82, 2.24) is 9.88 Å². The van der Waals surface area contributed by atoms with E-state index in [-0.39, 0.29) is 0 Å². The number of benzene rings is 1. The molecular weight excluding hydrogens is 246 g/mol. The van der Waals surface area contributed by atoms with Gasteiger partial charge in [-0.05, 0) is 43.5 Å². The summed E-state index contributed by atoms with van der Waals surface area (Å²) in [5.74, 6) is 0.641. The van der Waals surface area contributed by atoms with E-state index in [1.165, 1.54) is 17.4 Å². The Balaban J connectivity index is 1.87. The van der Waals surface area contributed by atoms with Crippen LogP contribution in [-0.4, -0.2) is 29.0 Å². The zero-order valence-corrected chi connectivity index (χ0v) is 12.3. The summed E-state index contributed by atoms with van der Waals surface area (Å²) in [5.41, 5.74) is 9.77. The number of piperidine rings is 1. The lowest BCUT2D eigenvalue weighted by atomic mass is 9.94. The molecule has 106 valence electrons. The molecule has 2 aromatic rings. The molecule has 1 aliphatic heterocycles. The Bertz CT molecular complexity index is 608. The molecule has 0 aliphatic carbocycles. The number of rotatable bonds is 2. The molecule has 3 heteroatoms. The molecule has 0 bridgehead atoms. The van der Waals surface area contributed by atoms with Gasteiger partial charge in [0.15, 0.2) is 0 Å². The van der Waals surface area contributed by atoms with Crippen LogP contribution >= 0.6 is 0 Å². The van der Waals surface area contributed by atoms with Crippen LogP contribution in [0.3, 0.4) is 0 Å². The number of hydrogen-bond donors (Lipinski definition) is 1. The number of para-hydroxylation sites is 1. The fourth-order valence-electron chi connectivity index (χ4n) is 3.08. The van der Waals surface area contributed by atoms with Gasteiger partial charge in [-0.15, -0.1) is 0 Å². The molecule has 0 saturated carbocycles. The summed E-state index contributed by atoms with van der Waals surface area (Å²) < 4.78 is 0. The van der Waals surface area contributed by atoms with Gasteiger partial charge in [0.2, 0.25) is 0 Å². The maximum Gasteiger partial charge on any atom is 0.0708 e. The van der Waals surface area contributed by atoms with Gasteiger partial charge < -0.3 is 5.73 Å². The zero-order valence-electron chi connectivity index (χ0n) is 12.3. The minimum absolute atomic E-state index is 0.304. The van der Waals surface area contributed by atoms with Crippen LogP contribution in [0.1, 0.15) is 24.6 Å². The monoisotopic (exact) mass is 269 g/mol. The third kappa shape index (κ3) is 2.69. The highest BCUT2D eigenvalue weighted by atomic mass is 15.1. The van der Waals surface area contributed by atoms with Gasteiger partial charge in [-0.1, -0.05) is 25.1 Å². The first-order valence-electron chi connectivity index (χ1n) is 7.46. The van der Waals surface area contributed by atoms with E-state index < -0.39 is 0 Å². The Kier molecular flexibility index (Phi) is 3.72. The van der Waals surface area contributed by atoms with E-state index in [9.17, 15) is 0 Å². The van der Waals surface area contributed by atoms with Crippen LogP contribution < -0.4 is 5.73 Å². The molecule has 0 spiro atoms. The normalized spacial score (nSPS) is 24.1. The van der Waals surface area contributed by atoms with Gasteiger partial charge in [0.25, 0.3) is 0 Å². The molecule has 3 rings (SSSR count). The van der Waals surface area contributed by atoms with Gasteiger partial charge >= 0.3 is 0 Å². The van der Waals surface area contributed by atoms with Crippen molar-refractivity contribution in [3.63, 3.8) is 0 Å². The number of aryl methyl sites for hydroxylation is 1. The summed E-state index contributed by atoms with van der Waals surface area (Å²) in [6.45, 7) is 7.44. The molecule has 0 radical (unpaired) electrons. The quantitative estimate of drug-likeness (QED) is 0.911. The molecule has 1 aromatic carbocycles. The van der Waals surface area contributed by atoms with Gasteiger partial charge in [-0.25, -0.2) is 0 Å². The maximum absolute atomic E-state index is 6.21. The second-order valence-electron chi connectivity index (χ2n) is 6.10. The van der Waals surface area contributed by atoms with Crippen LogP contribution in [-0.2, 0) is 6.54 Å². The second kappa shape index (κ2) is 5.51. The molecule has 1 aliphatic rings. The van der Waals surface area contributed by atoms with E-state index in [1.54, 1.807) is 0 Å². The van der Waals surface area contributed by atoms with Crippen molar-refractivity contribution in [2.75, 3.05) is 13.1 Å². The average Bonchev–Trinajstić information content (AvgIpc) is 2.43. The highest BCUT2D eigenvalue weighted by Gasteiger charge is 2.23. The summed E-state index contributed by atoms with van der Waals surface area (Å²) in [5, 5.41) is 1.27. The van der Waals surface area contributed by atoms with Crippen molar-refractivity contribution in [3.05, 3.63) is 41.6 Å². The molecule has 2 unspecified atom stereocenters. The SMILES string of the molecule is Cc1cc(CN2CCC(C)C(N)C2)c2ccccc2n1. The van der Waals surface area contributed by atoms with Crippen molar-refractivity contribution >= 4 is 10.9 Å². The van der Waals surface area contributed by atoms with Crippen molar-refractivity contribution < 1.29 is 0 Å². The highest BCUT2D eigenvalue weighted by molar-refractivity contribution is 5.82. The molecule has 1 saturated heterocycles. The summed E-state index contributed by atoms with van der Waals surface area (Å²) in [6.07, 6.45) is 1.20. The fourth-order valence-corrected chi connectivity index (χ4v) is 3.08. The summed E-state index contributed by atoms with van der Waals surface area (Å²) >= 11 is 0. The zero-order chi connectivity index (χ0) is 14.1. The van der Waals surface area contributed by atoms with E-state index in [4.69, 9.17) is 5.73 Å². The van der Waals surface area contributed by atoms with Crippen LogP contribution in [0.2, 0.25) is 0 Å². The summed E-state index contributed by atoms with van der Waals surface area (Å²) in [6, 6.07) is 10.9. The first kappa shape index (κ1) is 13.5. The number of likely N-dealkylation sites (tertiary alicyclic amines) is 1. The van der Waals surface area contributed by atoms with Crippen molar-refractivity contribution in [3.8, 4) is 0 Å². The van der Waals surface area contributed by atoms with Crippen molar-refractivity contribution in [2.24, 2.45) is 11.7 Å². The minimum Gasteiger partial charge on any atom is -0.326 e. The number of fused-ring (bicyclic) bond motifs is 1.